The van der Waals surface area contributed by atoms with E-state index in [-0.39, 0.29) is 11.8 Å². The molecule has 0 saturated carbocycles. The molecule has 0 radical (unpaired) electrons. The van der Waals surface area contributed by atoms with Crippen LogP contribution < -0.4 is 5.73 Å². The Labute approximate surface area is 43.5 Å². The van der Waals surface area contributed by atoms with E-state index in [4.69, 9.17) is 11.1 Å². The van der Waals surface area contributed by atoms with Crippen molar-refractivity contribution >= 4 is 5.84 Å². The van der Waals surface area contributed by atoms with Gasteiger partial charge in [-0.05, 0) is 0 Å². The van der Waals surface area contributed by atoms with E-state index in [0.29, 0.717) is 0 Å². The van der Waals surface area contributed by atoms with Crippen LogP contribution in [0.25, 0.3) is 0 Å². The van der Waals surface area contributed by atoms with Crippen LogP contribution in [0.4, 0.5) is 0 Å². The first-order chi connectivity index (χ1) is 3.18. The summed E-state index contributed by atoms with van der Waals surface area (Å²) in [6, 6.07) is 0. The maximum absolute atomic E-state index is 6.81. The minimum Gasteiger partial charge on any atom is -0.387 e. The summed E-state index contributed by atoms with van der Waals surface area (Å²) in [7, 11) is 0. The molecule has 0 aromatic rings. The van der Waals surface area contributed by atoms with Crippen LogP contribution in [0.15, 0.2) is 12.7 Å². The molecule has 0 aromatic carbocycles. The van der Waals surface area contributed by atoms with Crippen molar-refractivity contribution in [1.82, 2.24) is 0 Å². The third-order valence-electron chi connectivity index (χ3n) is 0.844. The van der Waals surface area contributed by atoms with E-state index in [1.807, 2.05) is 6.92 Å². The smallest absolute Gasteiger partial charge is 0.0972 e. The van der Waals surface area contributed by atoms with Gasteiger partial charge in [-0.1, -0.05) is 13.0 Å². The van der Waals surface area contributed by atoms with Crippen molar-refractivity contribution in [2.45, 2.75) is 6.92 Å². The molecule has 0 rings (SSSR count). The molecule has 3 N–H and O–H groups in total. The Morgan fingerprint density at radius 3 is 2.43 bits per heavy atom. The highest BCUT2D eigenvalue weighted by Gasteiger charge is 1.94. The van der Waals surface area contributed by atoms with Gasteiger partial charge in [-0.25, -0.2) is 0 Å². The number of nitrogens with one attached hydrogen (secondary N) is 1. The molecule has 2 heteroatoms. The van der Waals surface area contributed by atoms with Gasteiger partial charge in [0.15, 0.2) is 0 Å². The number of nitrogens with two attached hydrogens (primary N) is 1. The normalized spacial score (nSPS) is 12.7. The summed E-state index contributed by atoms with van der Waals surface area (Å²) in [5.74, 6) is 0.204. The highest BCUT2D eigenvalue weighted by atomic mass is 14.7. The van der Waals surface area contributed by atoms with Crippen molar-refractivity contribution < 1.29 is 0 Å². The van der Waals surface area contributed by atoms with Crippen LogP contribution in [0.3, 0.4) is 0 Å². The molecule has 1 atom stereocenters. The summed E-state index contributed by atoms with van der Waals surface area (Å²) < 4.78 is 0. The van der Waals surface area contributed by atoms with Crippen LogP contribution in [0.5, 0.6) is 0 Å². The van der Waals surface area contributed by atoms with Gasteiger partial charge < -0.3 is 5.73 Å². The van der Waals surface area contributed by atoms with Gasteiger partial charge in [-0.3, -0.25) is 5.41 Å². The zero-order valence-electron chi connectivity index (χ0n) is 4.44. The predicted molar refractivity (Wildman–Crippen MR) is 31.3 cm³/mol. The Morgan fingerprint density at radius 2 is 2.43 bits per heavy atom. The Hall–Kier alpha value is -0.790. The minimum absolute atomic E-state index is 0.0278. The van der Waals surface area contributed by atoms with Crippen LogP contribution in [0.2, 0.25) is 0 Å². The molecule has 0 aliphatic carbocycles. The Bertz CT molecular complexity index is 86.1. The van der Waals surface area contributed by atoms with Crippen LogP contribution in [0, 0.1) is 11.3 Å². The van der Waals surface area contributed by atoms with E-state index in [2.05, 4.69) is 6.58 Å². The minimum atomic E-state index is 0.0278. The van der Waals surface area contributed by atoms with Crippen LogP contribution in [-0.4, -0.2) is 5.84 Å². The topological polar surface area (TPSA) is 49.9 Å². The first-order valence-electron chi connectivity index (χ1n) is 2.15. The fourth-order valence-electron chi connectivity index (χ4n) is 0.127. The van der Waals surface area contributed by atoms with Crippen LogP contribution in [0.1, 0.15) is 6.92 Å². The predicted octanol–water partition coefficient (Wildman–Crippen LogP) is 0.744. The van der Waals surface area contributed by atoms with Crippen molar-refractivity contribution in [3.8, 4) is 0 Å². The molecule has 40 valence electrons. The average Bonchev–Trinajstić information content (AvgIpc) is 1.65. The summed E-state index contributed by atoms with van der Waals surface area (Å²) >= 11 is 0. The molecule has 0 heterocycles. The van der Waals surface area contributed by atoms with Gasteiger partial charge in [0.25, 0.3) is 0 Å². The molecule has 0 aliphatic heterocycles. The molecular formula is C5H10N2. The second-order valence-corrected chi connectivity index (χ2v) is 1.48. The zero-order chi connectivity index (χ0) is 5.86. The Morgan fingerprint density at radius 1 is 2.00 bits per heavy atom. The van der Waals surface area contributed by atoms with E-state index in [1.165, 1.54) is 0 Å². The second kappa shape index (κ2) is 2.39. The summed E-state index contributed by atoms with van der Waals surface area (Å²) in [6.45, 7) is 5.29. The van der Waals surface area contributed by atoms with E-state index in [9.17, 15) is 0 Å². The first-order valence-corrected chi connectivity index (χ1v) is 2.15. The molecule has 2 nitrogen and oxygen atoms in total. The number of amidine groups is 1. The molecular weight excluding hydrogens is 88.1 g/mol. The van der Waals surface area contributed by atoms with E-state index in [0.717, 1.165) is 0 Å². The lowest BCUT2D eigenvalue weighted by Crippen LogP contribution is -2.17. The van der Waals surface area contributed by atoms with Crippen molar-refractivity contribution in [3.05, 3.63) is 12.7 Å². The highest BCUT2D eigenvalue weighted by Crippen LogP contribution is 1.90. The zero-order valence-corrected chi connectivity index (χ0v) is 4.44. The monoisotopic (exact) mass is 98.1 g/mol. The lowest BCUT2D eigenvalue weighted by atomic mass is 10.2. The van der Waals surface area contributed by atoms with Crippen molar-refractivity contribution in [1.29, 1.82) is 5.41 Å². The van der Waals surface area contributed by atoms with Gasteiger partial charge in [0.2, 0.25) is 0 Å². The quantitative estimate of drug-likeness (QED) is 0.299. The molecule has 0 aromatic heterocycles. The molecule has 0 aliphatic rings. The SMILES string of the molecule is C=CC(C)C(=N)N. The van der Waals surface area contributed by atoms with E-state index >= 15 is 0 Å². The van der Waals surface area contributed by atoms with Gasteiger partial charge in [0, 0.05) is 5.92 Å². The van der Waals surface area contributed by atoms with Gasteiger partial charge in [0.1, 0.15) is 0 Å². The number of hydrogen-bond donors (Lipinski definition) is 2. The van der Waals surface area contributed by atoms with Gasteiger partial charge in [0.05, 0.1) is 5.84 Å². The highest BCUT2D eigenvalue weighted by molar-refractivity contribution is 5.80. The number of hydrogen-bond acceptors (Lipinski definition) is 1. The van der Waals surface area contributed by atoms with E-state index in [1.54, 1.807) is 6.08 Å². The molecule has 1 unspecified atom stereocenters. The Kier molecular flexibility index (Phi) is 2.12. The summed E-state index contributed by atoms with van der Waals surface area (Å²) in [6.07, 6.45) is 1.64. The van der Waals surface area contributed by atoms with Crippen LogP contribution >= 0.6 is 0 Å². The van der Waals surface area contributed by atoms with Gasteiger partial charge in [-0.15, -0.1) is 6.58 Å². The maximum atomic E-state index is 6.81. The molecule has 0 spiro atoms. The number of rotatable bonds is 2. The third kappa shape index (κ3) is 1.98. The van der Waals surface area contributed by atoms with Crippen LogP contribution in [-0.2, 0) is 0 Å². The summed E-state index contributed by atoms with van der Waals surface area (Å²) in [5, 5.41) is 6.81. The molecule has 0 fully saturated rings. The fraction of sp³-hybridized carbons (Fsp3) is 0.400. The van der Waals surface area contributed by atoms with Gasteiger partial charge in [-0.2, -0.15) is 0 Å². The van der Waals surface area contributed by atoms with Crippen molar-refractivity contribution in [2.24, 2.45) is 11.7 Å². The fourth-order valence-corrected chi connectivity index (χ4v) is 0.127. The second-order valence-electron chi connectivity index (χ2n) is 1.48. The molecule has 0 amide bonds. The Balaban J connectivity index is 3.55. The maximum Gasteiger partial charge on any atom is 0.0972 e. The lowest BCUT2D eigenvalue weighted by molar-refractivity contribution is 0.973. The summed E-state index contributed by atoms with van der Waals surface area (Å²) in [5.41, 5.74) is 5.06. The average molecular weight is 98.1 g/mol. The third-order valence-corrected chi connectivity index (χ3v) is 0.844. The molecule has 7 heavy (non-hydrogen) atoms. The summed E-state index contributed by atoms with van der Waals surface area (Å²) in [4.78, 5) is 0. The van der Waals surface area contributed by atoms with Crippen molar-refractivity contribution in [3.63, 3.8) is 0 Å². The molecule has 0 bridgehead atoms. The lowest BCUT2D eigenvalue weighted by Gasteiger charge is -1.97. The standard InChI is InChI=1S/C5H10N2/c1-3-4(2)5(6)7/h3-4H,1H2,2H3,(H3,6,7). The molecule has 0 saturated heterocycles. The largest absolute Gasteiger partial charge is 0.387 e. The van der Waals surface area contributed by atoms with Gasteiger partial charge >= 0.3 is 0 Å². The van der Waals surface area contributed by atoms with E-state index < -0.39 is 0 Å². The van der Waals surface area contributed by atoms with Crippen molar-refractivity contribution in [2.75, 3.05) is 0 Å². The first kappa shape index (κ1) is 6.21.